The molecule has 0 saturated carbocycles. The molecule has 1 saturated heterocycles. The number of ether oxygens (including phenoxy) is 1. The lowest BCUT2D eigenvalue weighted by Crippen LogP contribution is -2.47. The van der Waals surface area contributed by atoms with Crippen LogP contribution < -0.4 is 9.64 Å². The molecule has 0 N–H and O–H groups in total. The summed E-state index contributed by atoms with van der Waals surface area (Å²) in [4.78, 5) is 18.7. The zero-order valence-electron chi connectivity index (χ0n) is 19.0. The maximum Gasteiger partial charge on any atom is 0.396 e. The average molecular weight is 477 g/mol. The fourth-order valence-electron chi connectivity index (χ4n) is 4.67. The second kappa shape index (κ2) is 7.35. The van der Waals surface area contributed by atoms with Crippen LogP contribution in [0.15, 0.2) is 48.8 Å². The molecular formula is C24H26F2N2O4S. The van der Waals surface area contributed by atoms with Crippen molar-refractivity contribution in [2.45, 2.75) is 45.6 Å². The Bertz CT molecular complexity index is 1250. The lowest BCUT2D eigenvalue weighted by Gasteiger charge is -2.37. The summed E-state index contributed by atoms with van der Waals surface area (Å²) in [6.07, 6.45) is -1.82. The summed E-state index contributed by atoms with van der Waals surface area (Å²) in [7, 11) is -3.04. The number of rotatable bonds is 6. The zero-order chi connectivity index (χ0) is 24.4. The van der Waals surface area contributed by atoms with Gasteiger partial charge in [-0.05, 0) is 29.8 Å². The molecule has 0 radical (unpaired) electrons. The molecular weight excluding hydrogens is 450 g/mol. The van der Waals surface area contributed by atoms with Crippen molar-refractivity contribution in [2.75, 3.05) is 16.4 Å². The van der Waals surface area contributed by atoms with Gasteiger partial charge in [0.15, 0.2) is 15.6 Å². The third-order valence-corrected chi connectivity index (χ3v) is 8.48. The number of aromatic nitrogens is 1. The molecule has 33 heavy (non-hydrogen) atoms. The minimum Gasteiger partial charge on any atom is -0.415 e. The lowest BCUT2D eigenvalue weighted by molar-refractivity contribution is -0.161. The summed E-state index contributed by atoms with van der Waals surface area (Å²) in [6.45, 7) is 10.6. The fraction of sp³-hybridized carbons (Fsp3) is 0.417. The number of nitrogens with zero attached hydrogens (tertiary/aromatic N) is 2. The van der Waals surface area contributed by atoms with E-state index in [0.29, 0.717) is 23.9 Å². The van der Waals surface area contributed by atoms with Gasteiger partial charge in [0, 0.05) is 53.4 Å². The van der Waals surface area contributed by atoms with Crippen LogP contribution in [-0.2, 0) is 15.3 Å². The van der Waals surface area contributed by atoms with Crippen LogP contribution in [0.4, 0.5) is 20.2 Å². The van der Waals surface area contributed by atoms with Gasteiger partial charge in [-0.1, -0.05) is 27.4 Å². The van der Waals surface area contributed by atoms with Gasteiger partial charge < -0.3 is 9.64 Å². The number of pyridine rings is 1. The first-order chi connectivity index (χ1) is 15.1. The summed E-state index contributed by atoms with van der Waals surface area (Å²) in [5, 5.41) is 0. The van der Waals surface area contributed by atoms with Crippen LogP contribution in [0.3, 0.4) is 0 Å². The van der Waals surface area contributed by atoms with Gasteiger partial charge in [0.05, 0.1) is 17.2 Å². The van der Waals surface area contributed by atoms with E-state index in [-0.39, 0.29) is 29.6 Å². The Hall–Kier alpha value is -2.81. The van der Waals surface area contributed by atoms with Gasteiger partial charge in [0.2, 0.25) is 5.88 Å². The van der Waals surface area contributed by atoms with E-state index in [2.05, 4.69) is 16.3 Å². The molecule has 176 valence electrons. The Balaban J connectivity index is 1.66. The summed E-state index contributed by atoms with van der Waals surface area (Å²) < 4.78 is 54.4. The molecule has 0 amide bonds. The summed E-state index contributed by atoms with van der Waals surface area (Å²) in [6, 6.07) is 8.42. The van der Waals surface area contributed by atoms with Gasteiger partial charge >= 0.3 is 6.11 Å². The molecule has 1 fully saturated rings. The number of alkyl halides is 2. The first-order valence-corrected chi connectivity index (χ1v) is 12.3. The number of hydrogen-bond donors (Lipinski definition) is 0. The number of fused-ring (bicyclic) bond motifs is 1. The van der Waals surface area contributed by atoms with E-state index in [1.54, 1.807) is 18.2 Å². The van der Waals surface area contributed by atoms with Crippen molar-refractivity contribution in [3.63, 3.8) is 0 Å². The maximum atomic E-state index is 13.3. The highest BCUT2D eigenvalue weighted by Gasteiger charge is 2.46. The SMILES string of the molecule is C=C1N(c2ccnc(OC(C)(F)F)c2)c2ccc(C(=O)CC3(C)CS(=O)(=O)C3)cc2C1(C)C. The minimum absolute atomic E-state index is 0.0238. The van der Waals surface area contributed by atoms with Crippen molar-refractivity contribution in [3.8, 4) is 5.88 Å². The van der Waals surface area contributed by atoms with Crippen LogP contribution in [0.5, 0.6) is 5.88 Å². The summed E-state index contributed by atoms with van der Waals surface area (Å²) in [5.74, 6) is -0.277. The second-order valence-electron chi connectivity index (χ2n) is 9.84. The first-order valence-electron chi connectivity index (χ1n) is 10.5. The smallest absolute Gasteiger partial charge is 0.396 e. The average Bonchev–Trinajstić information content (AvgIpc) is 2.84. The predicted octanol–water partition coefficient (Wildman–Crippen LogP) is 5.02. The number of benzene rings is 1. The van der Waals surface area contributed by atoms with E-state index in [1.165, 1.54) is 12.3 Å². The normalized spacial score (nSPS) is 20.2. The molecule has 4 rings (SSSR count). The predicted molar refractivity (Wildman–Crippen MR) is 122 cm³/mol. The molecule has 0 spiro atoms. The van der Waals surface area contributed by atoms with Crippen molar-refractivity contribution in [1.29, 1.82) is 0 Å². The molecule has 0 bridgehead atoms. The van der Waals surface area contributed by atoms with Gasteiger partial charge in [-0.2, -0.15) is 8.78 Å². The Kier molecular flexibility index (Phi) is 5.20. The van der Waals surface area contributed by atoms with Crippen molar-refractivity contribution < 1.29 is 26.7 Å². The number of allylic oxidation sites excluding steroid dienone is 1. The van der Waals surface area contributed by atoms with Crippen LogP contribution in [0.1, 0.15) is 50.0 Å². The number of Topliss-reactive ketones (excluding diaryl/α,β-unsaturated/α-hetero) is 1. The Morgan fingerprint density at radius 2 is 1.88 bits per heavy atom. The molecule has 1 aromatic carbocycles. The topological polar surface area (TPSA) is 76.6 Å². The number of carbonyl (C=O) groups is 1. The Labute approximate surface area is 192 Å². The second-order valence-corrected chi connectivity index (χ2v) is 11.9. The molecule has 0 atom stereocenters. The molecule has 0 aliphatic carbocycles. The van der Waals surface area contributed by atoms with Crippen LogP contribution in [0.25, 0.3) is 0 Å². The fourth-order valence-corrected chi connectivity index (χ4v) is 6.91. The summed E-state index contributed by atoms with van der Waals surface area (Å²) >= 11 is 0. The number of ketones is 1. The van der Waals surface area contributed by atoms with Crippen LogP contribution in [0, 0.1) is 5.41 Å². The van der Waals surface area contributed by atoms with Gasteiger partial charge in [-0.15, -0.1) is 0 Å². The minimum atomic E-state index is -3.36. The molecule has 2 aromatic rings. The third kappa shape index (κ3) is 4.38. The van der Waals surface area contributed by atoms with E-state index < -0.39 is 26.8 Å². The molecule has 2 aliphatic rings. The summed E-state index contributed by atoms with van der Waals surface area (Å²) in [5.41, 5.74) is 2.35. The highest BCUT2D eigenvalue weighted by Crippen LogP contribution is 2.51. The van der Waals surface area contributed by atoms with Crippen molar-refractivity contribution in [3.05, 3.63) is 59.9 Å². The molecule has 0 unspecified atom stereocenters. The number of hydrogen-bond acceptors (Lipinski definition) is 6. The van der Waals surface area contributed by atoms with E-state index in [0.717, 1.165) is 11.3 Å². The lowest BCUT2D eigenvalue weighted by atomic mass is 9.82. The van der Waals surface area contributed by atoms with E-state index in [1.807, 2.05) is 31.7 Å². The van der Waals surface area contributed by atoms with Crippen LogP contribution in [0.2, 0.25) is 0 Å². The first kappa shape index (κ1) is 23.4. The monoisotopic (exact) mass is 476 g/mol. The van der Waals surface area contributed by atoms with Crippen molar-refractivity contribution in [1.82, 2.24) is 4.98 Å². The maximum absolute atomic E-state index is 13.3. The van der Waals surface area contributed by atoms with Gasteiger partial charge in [-0.25, -0.2) is 13.4 Å². The van der Waals surface area contributed by atoms with Crippen LogP contribution in [-0.4, -0.2) is 36.8 Å². The van der Waals surface area contributed by atoms with E-state index >= 15 is 0 Å². The number of sulfone groups is 1. The van der Waals surface area contributed by atoms with E-state index in [4.69, 9.17) is 0 Å². The Morgan fingerprint density at radius 3 is 2.48 bits per heavy atom. The highest BCUT2D eigenvalue weighted by molar-refractivity contribution is 7.92. The molecule has 9 heteroatoms. The molecule has 3 heterocycles. The largest absolute Gasteiger partial charge is 0.415 e. The number of carbonyl (C=O) groups excluding carboxylic acids is 1. The van der Waals surface area contributed by atoms with Gasteiger partial charge in [0.1, 0.15) is 0 Å². The highest BCUT2D eigenvalue weighted by atomic mass is 32.2. The van der Waals surface area contributed by atoms with E-state index in [9.17, 15) is 22.0 Å². The third-order valence-electron chi connectivity index (χ3n) is 6.21. The molecule has 1 aromatic heterocycles. The zero-order valence-corrected chi connectivity index (χ0v) is 19.8. The van der Waals surface area contributed by atoms with Crippen molar-refractivity contribution in [2.24, 2.45) is 5.41 Å². The van der Waals surface area contributed by atoms with Gasteiger partial charge in [-0.3, -0.25) is 4.79 Å². The molecule has 2 aliphatic heterocycles. The Morgan fingerprint density at radius 1 is 1.21 bits per heavy atom. The van der Waals surface area contributed by atoms with Crippen LogP contribution >= 0.6 is 0 Å². The van der Waals surface area contributed by atoms with Gasteiger partial charge in [0.25, 0.3) is 0 Å². The number of anilines is 2. The van der Waals surface area contributed by atoms with Crippen molar-refractivity contribution >= 4 is 27.0 Å². The number of halogens is 2. The standard InChI is InChI=1S/C24H26F2N2O4S/c1-15-22(2,3)18-10-16(20(29)12-23(4)13-33(30,31)14-23)6-7-19(18)28(15)17-8-9-27-21(11-17)32-24(5,25)26/h6-11H,1,12-14H2,2-5H3. The molecule has 6 nitrogen and oxygen atoms in total. The quantitative estimate of drug-likeness (QED) is 0.545.